The van der Waals surface area contributed by atoms with E-state index in [1.807, 2.05) is 31.2 Å². The highest BCUT2D eigenvalue weighted by Crippen LogP contribution is 2.18. The molecule has 0 heterocycles. The Labute approximate surface area is 105 Å². The molecule has 1 rings (SSSR count). The van der Waals surface area contributed by atoms with Crippen LogP contribution < -0.4 is 0 Å². The monoisotopic (exact) mass is 261 g/mol. The van der Waals surface area contributed by atoms with Gasteiger partial charge in [-0.1, -0.05) is 31.2 Å². The Morgan fingerprint density at radius 3 is 2.11 bits per heavy atom. The third-order valence-corrected chi connectivity index (χ3v) is 2.66. The maximum atomic E-state index is 12.3. The van der Waals surface area contributed by atoms with Crippen LogP contribution in [0.4, 0.5) is 13.2 Å². The van der Waals surface area contributed by atoms with Crippen molar-refractivity contribution in [3.8, 4) is 0 Å². The summed E-state index contributed by atoms with van der Waals surface area (Å²) >= 11 is 0. The van der Waals surface area contributed by atoms with Gasteiger partial charge in [0, 0.05) is 13.1 Å². The molecule has 0 aromatic heterocycles. The molecule has 0 saturated heterocycles. The molecule has 1 N–H and O–H groups in total. The van der Waals surface area contributed by atoms with Gasteiger partial charge >= 0.3 is 6.18 Å². The van der Waals surface area contributed by atoms with Crippen molar-refractivity contribution in [3.63, 3.8) is 0 Å². The zero-order chi connectivity index (χ0) is 13.6. The van der Waals surface area contributed by atoms with E-state index in [4.69, 9.17) is 5.11 Å². The van der Waals surface area contributed by atoms with E-state index in [0.29, 0.717) is 0 Å². The average molecular weight is 261 g/mol. The van der Waals surface area contributed by atoms with E-state index in [1.54, 1.807) is 0 Å². The summed E-state index contributed by atoms with van der Waals surface area (Å²) < 4.78 is 37.0. The SMILES string of the molecule is CCc1ccc(CN(CCO)CC(F)(F)F)cc1. The Morgan fingerprint density at radius 1 is 1.11 bits per heavy atom. The van der Waals surface area contributed by atoms with Gasteiger partial charge in [0.05, 0.1) is 13.2 Å². The number of halogens is 3. The van der Waals surface area contributed by atoms with Crippen molar-refractivity contribution in [1.29, 1.82) is 0 Å². The van der Waals surface area contributed by atoms with Crippen LogP contribution in [0, 0.1) is 0 Å². The van der Waals surface area contributed by atoms with Crippen molar-refractivity contribution in [2.75, 3.05) is 19.7 Å². The minimum atomic E-state index is -4.24. The first kappa shape index (κ1) is 15.0. The number of aliphatic hydroxyl groups excluding tert-OH is 1. The van der Waals surface area contributed by atoms with Gasteiger partial charge in [-0.3, -0.25) is 4.90 Å². The van der Waals surface area contributed by atoms with Crippen LogP contribution in [0.3, 0.4) is 0 Å². The molecule has 0 aliphatic carbocycles. The molecule has 0 bridgehead atoms. The van der Waals surface area contributed by atoms with Crippen molar-refractivity contribution in [2.45, 2.75) is 26.1 Å². The second kappa shape index (κ2) is 6.75. The molecule has 0 fully saturated rings. The van der Waals surface area contributed by atoms with Gasteiger partial charge in [0.2, 0.25) is 0 Å². The Morgan fingerprint density at radius 2 is 1.67 bits per heavy atom. The molecule has 0 amide bonds. The Hall–Kier alpha value is -1.07. The van der Waals surface area contributed by atoms with E-state index in [0.717, 1.165) is 17.5 Å². The number of hydrogen-bond acceptors (Lipinski definition) is 2. The van der Waals surface area contributed by atoms with E-state index >= 15 is 0 Å². The minimum Gasteiger partial charge on any atom is -0.395 e. The average Bonchev–Trinajstić information content (AvgIpc) is 2.28. The van der Waals surface area contributed by atoms with Crippen molar-refractivity contribution >= 4 is 0 Å². The normalized spacial score (nSPS) is 12.1. The highest BCUT2D eigenvalue weighted by atomic mass is 19.4. The topological polar surface area (TPSA) is 23.5 Å². The molecular weight excluding hydrogens is 243 g/mol. The molecule has 0 saturated carbocycles. The van der Waals surface area contributed by atoms with Crippen LogP contribution in [0.1, 0.15) is 18.1 Å². The molecule has 0 aliphatic heterocycles. The maximum absolute atomic E-state index is 12.3. The summed E-state index contributed by atoms with van der Waals surface area (Å²) in [6.45, 7) is 0.974. The minimum absolute atomic E-state index is 0.0229. The van der Waals surface area contributed by atoms with Gasteiger partial charge in [-0.2, -0.15) is 13.2 Å². The van der Waals surface area contributed by atoms with Gasteiger partial charge in [-0.25, -0.2) is 0 Å². The summed E-state index contributed by atoms with van der Waals surface area (Å²) in [4.78, 5) is 1.20. The molecule has 0 radical (unpaired) electrons. The predicted octanol–water partition coefficient (Wildman–Crippen LogP) is 2.61. The summed E-state index contributed by atoms with van der Waals surface area (Å²) in [6.07, 6.45) is -3.33. The number of aryl methyl sites for hydroxylation is 1. The summed E-state index contributed by atoms with van der Waals surface area (Å²) in [5, 5.41) is 8.78. The van der Waals surface area contributed by atoms with E-state index in [1.165, 1.54) is 4.90 Å². The third kappa shape index (κ3) is 5.51. The number of aliphatic hydroxyl groups is 1. The van der Waals surface area contributed by atoms with Crippen LogP contribution in [-0.4, -0.2) is 35.9 Å². The zero-order valence-corrected chi connectivity index (χ0v) is 10.4. The smallest absolute Gasteiger partial charge is 0.395 e. The zero-order valence-electron chi connectivity index (χ0n) is 10.4. The maximum Gasteiger partial charge on any atom is 0.401 e. The van der Waals surface area contributed by atoms with E-state index < -0.39 is 12.7 Å². The second-order valence-electron chi connectivity index (χ2n) is 4.22. The molecule has 0 atom stereocenters. The molecule has 5 heteroatoms. The summed E-state index contributed by atoms with van der Waals surface area (Å²) in [6, 6.07) is 7.50. The molecule has 1 aromatic rings. The largest absolute Gasteiger partial charge is 0.401 e. The van der Waals surface area contributed by atoms with Gasteiger partial charge in [-0.05, 0) is 17.5 Å². The number of benzene rings is 1. The summed E-state index contributed by atoms with van der Waals surface area (Å²) in [5.41, 5.74) is 1.98. The molecule has 18 heavy (non-hydrogen) atoms. The van der Waals surface area contributed by atoms with Gasteiger partial charge in [0.25, 0.3) is 0 Å². The lowest BCUT2D eigenvalue weighted by molar-refractivity contribution is -0.147. The fraction of sp³-hybridized carbons (Fsp3) is 0.538. The Bertz CT molecular complexity index is 348. The lowest BCUT2D eigenvalue weighted by Gasteiger charge is -2.22. The van der Waals surface area contributed by atoms with Crippen LogP contribution in [0.5, 0.6) is 0 Å². The second-order valence-corrected chi connectivity index (χ2v) is 4.22. The fourth-order valence-corrected chi connectivity index (χ4v) is 1.75. The molecule has 0 spiro atoms. The molecule has 102 valence electrons. The van der Waals surface area contributed by atoms with E-state index in [2.05, 4.69) is 0 Å². The van der Waals surface area contributed by atoms with Gasteiger partial charge in [0.1, 0.15) is 0 Å². The van der Waals surface area contributed by atoms with Crippen molar-refractivity contribution < 1.29 is 18.3 Å². The third-order valence-electron chi connectivity index (χ3n) is 2.66. The van der Waals surface area contributed by atoms with Crippen LogP contribution in [0.2, 0.25) is 0 Å². The Kier molecular flexibility index (Phi) is 5.62. The summed E-state index contributed by atoms with van der Waals surface area (Å²) in [5.74, 6) is 0. The van der Waals surface area contributed by atoms with Crippen LogP contribution in [-0.2, 0) is 13.0 Å². The molecule has 1 aromatic carbocycles. The van der Waals surface area contributed by atoms with Crippen LogP contribution in [0.15, 0.2) is 24.3 Å². The first-order chi connectivity index (χ1) is 8.44. The molecule has 0 aliphatic rings. The molecular formula is C13H18F3NO. The number of nitrogens with zero attached hydrogens (tertiary/aromatic N) is 1. The van der Waals surface area contributed by atoms with Crippen LogP contribution >= 0.6 is 0 Å². The first-order valence-corrected chi connectivity index (χ1v) is 5.92. The highest BCUT2D eigenvalue weighted by Gasteiger charge is 2.30. The molecule has 0 unspecified atom stereocenters. The van der Waals surface area contributed by atoms with Crippen molar-refractivity contribution in [1.82, 2.24) is 4.90 Å². The van der Waals surface area contributed by atoms with Crippen molar-refractivity contribution in [2.24, 2.45) is 0 Å². The van der Waals surface area contributed by atoms with E-state index in [9.17, 15) is 13.2 Å². The quantitative estimate of drug-likeness (QED) is 0.851. The van der Waals surface area contributed by atoms with Gasteiger partial charge in [0.15, 0.2) is 0 Å². The fourth-order valence-electron chi connectivity index (χ4n) is 1.75. The highest BCUT2D eigenvalue weighted by molar-refractivity contribution is 5.22. The van der Waals surface area contributed by atoms with Crippen LogP contribution in [0.25, 0.3) is 0 Å². The standard InChI is InChI=1S/C13H18F3NO/c1-2-11-3-5-12(6-4-11)9-17(7-8-18)10-13(14,15)16/h3-6,18H,2,7-10H2,1H3. The van der Waals surface area contributed by atoms with E-state index in [-0.39, 0.29) is 19.7 Å². The summed E-state index contributed by atoms with van der Waals surface area (Å²) in [7, 11) is 0. The predicted molar refractivity (Wildman–Crippen MR) is 64.2 cm³/mol. The van der Waals surface area contributed by atoms with Crippen molar-refractivity contribution in [3.05, 3.63) is 35.4 Å². The number of rotatable bonds is 6. The van der Waals surface area contributed by atoms with Gasteiger partial charge in [-0.15, -0.1) is 0 Å². The number of alkyl halides is 3. The lowest BCUT2D eigenvalue weighted by Crippen LogP contribution is -2.35. The van der Waals surface area contributed by atoms with Gasteiger partial charge < -0.3 is 5.11 Å². The molecule has 2 nitrogen and oxygen atoms in total. The Balaban J connectivity index is 2.64. The number of hydrogen-bond donors (Lipinski definition) is 1. The first-order valence-electron chi connectivity index (χ1n) is 5.92. The lowest BCUT2D eigenvalue weighted by atomic mass is 10.1.